The van der Waals surface area contributed by atoms with Gasteiger partial charge in [0.05, 0.1) is 4.88 Å². The van der Waals surface area contributed by atoms with Gasteiger partial charge in [0.1, 0.15) is 0 Å². The van der Waals surface area contributed by atoms with Crippen LogP contribution in [-0.4, -0.2) is 16.8 Å². The molecule has 0 spiro atoms. The molecule has 2 amide bonds. The number of carbonyl (C=O) groups excluding carboxylic acids is 2. The number of amides is 2. The van der Waals surface area contributed by atoms with Crippen LogP contribution in [-0.2, 0) is 4.79 Å². The molecule has 4 nitrogen and oxygen atoms in total. The van der Waals surface area contributed by atoms with Crippen LogP contribution in [0, 0.1) is 0 Å². The fourth-order valence-electron chi connectivity index (χ4n) is 0.803. The Morgan fingerprint density at radius 3 is 2.77 bits per heavy atom. The van der Waals surface area contributed by atoms with Gasteiger partial charge in [0.25, 0.3) is 5.91 Å². The van der Waals surface area contributed by atoms with Gasteiger partial charge < -0.3 is 0 Å². The Kier molecular flexibility index (Phi) is 3.16. The summed E-state index contributed by atoms with van der Waals surface area (Å²) in [4.78, 5) is 22.9. The van der Waals surface area contributed by atoms with Crippen LogP contribution in [0.1, 0.15) is 23.0 Å². The first-order valence-corrected chi connectivity index (χ1v) is 4.70. The summed E-state index contributed by atoms with van der Waals surface area (Å²) < 4.78 is 0. The van der Waals surface area contributed by atoms with Crippen LogP contribution in [0.4, 0.5) is 0 Å². The van der Waals surface area contributed by atoms with Crippen molar-refractivity contribution in [2.24, 2.45) is 5.84 Å². The van der Waals surface area contributed by atoms with Gasteiger partial charge in [0.2, 0.25) is 5.91 Å². The number of hydrogen-bond donors (Lipinski definition) is 1. The van der Waals surface area contributed by atoms with Gasteiger partial charge in [-0.05, 0) is 11.4 Å². The number of hydrogen-bond acceptors (Lipinski definition) is 4. The molecule has 0 radical (unpaired) electrons. The molecule has 1 rings (SSSR count). The molecule has 0 unspecified atom stereocenters. The molecule has 0 bridgehead atoms. The third kappa shape index (κ3) is 2.13. The highest BCUT2D eigenvalue weighted by atomic mass is 32.1. The minimum absolute atomic E-state index is 0.230. The Bertz CT molecular complexity index is 308. The summed E-state index contributed by atoms with van der Waals surface area (Å²) in [6.07, 6.45) is 0.230. The van der Waals surface area contributed by atoms with Gasteiger partial charge in [-0.3, -0.25) is 9.59 Å². The highest BCUT2D eigenvalue weighted by Gasteiger charge is 2.18. The summed E-state index contributed by atoms with van der Waals surface area (Å²) in [7, 11) is 0. The maximum absolute atomic E-state index is 11.4. The minimum Gasteiger partial charge on any atom is -0.273 e. The predicted molar refractivity (Wildman–Crippen MR) is 50.0 cm³/mol. The summed E-state index contributed by atoms with van der Waals surface area (Å²) in [5.74, 6) is 4.48. The second kappa shape index (κ2) is 4.15. The van der Waals surface area contributed by atoms with Gasteiger partial charge in [-0.2, -0.15) is 0 Å². The lowest BCUT2D eigenvalue weighted by atomic mass is 10.4. The van der Waals surface area contributed by atoms with Crippen molar-refractivity contribution in [3.63, 3.8) is 0 Å². The predicted octanol–water partition coefficient (Wildman–Crippen LogP) is 1.00. The van der Waals surface area contributed by atoms with E-state index in [0.29, 0.717) is 9.89 Å². The van der Waals surface area contributed by atoms with Gasteiger partial charge in [0, 0.05) is 6.42 Å². The van der Waals surface area contributed by atoms with Gasteiger partial charge in [0.15, 0.2) is 0 Å². The van der Waals surface area contributed by atoms with Crippen molar-refractivity contribution in [1.29, 1.82) is 0 Å². The van der Waals surface area contributed by atoms with Crippen molar-refractivity contribution in [2.75, 3.05) is 0 Å². The molecule has 0 fully saturated rings. The highest BCUT2D eigenvalue weighted by molar-refractivity contribution is 7.12. The average Bonchev–Trinajstić information content (AvgIpc) is 2.67. The lowest BCUT2D eigenvalue weighted by Crippen LogP contribution is -2.41. The summed E-state index contributed by atoms with van der Waals surface area (Å²) in [6.45, 7) is 1.66. The molecule has 1 heterocycles. The van der Waals surface area contributed by atoms with E-state index in [1.165, 1.54) is 11.3 Å². The molecular weight excluding hydrogens is 188 g/mol. The molecule has 0 aromatic carbocycles. The Balaban J connectivity index is 2.74. The number of rotatable bonds is 2. The van der Waals surface area contributed by atoms with Crippen LogP contribution < -0.4 is 5.84 Å². The lowest BCUT2D eigenvalue weighted by molar-refractivity contribution is -0.128. The van der Waals surface area contributed by atoms with Crippen LogP contribution in [0.5, 0.6) is 0 Å². The van der Waals surface area contributed by atoms with E-state index >= 15 is 0 Å². The van der Waals surface area contributed by atoms with Gasteiger partial charge in [-0.15, -0.1) is 11.3 Å². The van der Waals surface area contributed by atoms with Crippen molar-refractivity contribution in [2.45, 2.75) is 13.3 Å². The number of nitrogens with two attached hydrogens (primary N) is 1. The molecule has 5 heteroatoms. The average molecular weight is 198 g/mol. The van der Waals surface area contributed by atoms with Gasteiger partial charge in [-0.1, -0.05) is 13.0 Å². The molecule has 13 heavy (non-hydrogen) atoms. The summed E-state index contributed by atoms with van der Waals surface area (Å²) in [5, 5.41) is 2.42. The first-order chi connectivity index (χ1) is 6.16. The normalized spacial score (nSPS) is 9.69. The third-order valence-corrected chi connectivity index (χ3v) is 2.38. The Morgan fingerprint density at radius 1 is 1.62 bits per heavy atom. The minimum atomic E-state index is -0.443. The number of hydrazine groups is 1. The van der Waals surface area contributed by atoms with Crippen LogP contribution in [0.3, 0.4) is 0 Å². The third-order valence-electron chi connectivity index (χ3n) is 1.52. The molecule has 1 aromatic rings. The van der Waals surface area contributed by atoms with E-state index in [4.69, 9.17) is 5.84 Å². The molecule has 0 aliphatic heterocycles. The van der Waals surface area contributed by atoms with E-state index in [0.717, 1.165) is 0 Å². The van der Waals surface area contributed by atoms with E-state index in [9.17, 15) is 9.59 Å². The lowest BCUT2D eigenvalue weighted by Gasteiger charge is -2.11. The molecule has 70 valence electrons. The number of carbonyl (C=O) groups is 2. The van der Waals surface area contributed by atoms with Crippen molar-refractivity contribution in [3.8, 4) is 0 Å². The Labute approximate surface area is 79.9 Å². The summed E-state index contributed by atoms with van der Waals surface area (Å²) in [6, 6.07) is 3.37. The molecule has 0 aliphatic rings. The van der Waals surface area contributed by atoms with Crippen molar-refractivity contribution in [3.05, 3.63) is 22.4 Å². The zero-order valence-corrected chi connectivity index (χ0v) is 8.00. The van der Waals surface area contributed by atoms with Crippen LogP contribution in [0.15, 0.2) is 17.5 Å². The van der Waals surface area contributed by atoms with Gasteiger partial charge >= 0.3 is 0 Å². The summed E-state index contributed by atoms with van der Waals surface area (Å²) >= 11 is 1.26. The number of nitrogens with zero attached hydrogens (tertiary/aromatic N) is 1. The fourth-order valence-corrected chi connectivity index (χ4v) is 1.46. The first-order valence-electron chi connectivity index (χ1n) is 3.82. The molecule has 0 saturated heterocycles. The molecule has 0 aliphatic carbocycles. The van der Waals surface area contributed by atoms with Gasteiger partial charge in [-0.25, -0.2) is 10.9 Å². The zero-order chi connectivity index (χ0) is 9.84. The van der Waals surface area contributed by atoms with Crippen LogP contribution in [0.2, 0.25) is 0 Å². The molecule has 0 atom stereocenters. The van der Waals surface area contributed by atoms with Crippen molar-refractivity contribution in [1.82, 2.24) is 5.01 Å². The molecule has 0 saturated carbocycles. The quantitative estimate of drug-likeness (QED) is 0.438. The van der Waals surface area contributed by atoms with E-state index in [1.807, 2.05) is 0 Å². The molecular formula is C8H10N2O2S. The van der Waals surface area contributed by atoms with Crippen molar-refractivity contribution < 1.29 is 9.59 Å². The standard InChI is InChI=1S/C8H10N2O2S/c1-2-7(11)10(9)8(12)6-4-3-5-13-6/h3-5H,2,9H2,1H3. The van der Waals surface area contributed by atoms with E-state index in [2.05, 4.69) is 0 Å². The van der Waals surface area contributed by atoms with E-state index in [1.54, 1.807) is 24.4 Å². The van der Waals surface area contributed by atoms with Crippen LogP contribution in [0.25, 0.3) is 0 Å². The second-order valence-corrected chi connectivity index (χ2v) is 3.35. The van der Waals surface area contributed by atoms with E-state index in [-0.39, 0.29) is 12.3 Å². The zero-order valence-electron chi connectivity index (χ0n) is 7.19. The smallest absolute Gasteiger partial charge is 0.273 e. The first kappa shape index (κ1) is 9.88. The monoisotopic (exact) mass is 198 g/mol. The van der Waals surface area contributed by atoms with Crippen LogP contribution >= 0.6 is 11.3 Å². The maximum atomic E-state index is 11.4. The Morgan fingerprint density at radius 2 is 2.31 bits per heavy atom. The molecule has 2 N–H and O–H groups in total. The van der Waals surface area contributed by atoms with Crippen molar-refractivity contribution >= 4 is 23.2 Å². The highest BCUT2D eigenvalue weighted by Crippen LogP contribution is 2.10. The molecule has 1 aromatic heterocycles. The summed E-state index contributed by atoms with van der Waals surface area (Å²) in [5.41, 5.74) is 0. The second-order valence-electron chi connectivity index (χ2n) is 2.40. The SMILES string of the molecule is CCC(=O)N(N)C(=O)c1cccs1. The maximum Gasteiger partial charge on any atom is 0.284 e. The topological polar surface area (TPSA) is 63.4 Å². The largest absolute Gasteiger partial charge is 0.284 e. The Hall–Kier alpha value is -1.20. The fraction of sp³-hybridized carbons (Fsp3) is 0.250. The number of imide groups is 1. The number of thiophene rings is 1. The van der Waals surface area contributed by atoms with E-state index < -0.39 is 5.91 Å².